The zero-order chi connectivity index (χ0) is 17.3. The monoisotopic (exact) mass is 326 g/mol. The summed E-state index contributed by atoms with van der Waals surface area (Å²) < 4.78 is 8.04. The predicted octanol–water partition coefficient (Wildman–Crippen LogP) is 1.69. The van der Waals surface area contributed by atoms with E-state index in [0.29, 0.717) is 17.0 Å². The molecule has 7 heteroatoms. The van der Waals surface area contributed by atoms with Crippen LogP contribution >= 0.6 is 0 Å². The molecule has 0 aliphatic heterocycles. The van der Waals surface area contributed by atoms with Crippen molar-refractivity contribution in [1.29, 1.82) is 0 Å². The molecule has 0 saturated heterocycles. The van der Waals surface area contributed by atoms with E-state index in [1.807, 2.05) is 6.92 Å². The molecule has 0 aliphatic carbocycles. The molecule has 0 fully saturated rings. The van der Waals surface area contributed by atoms with Gasteiger partial charge in [0.2, 0.25) is 5.91 Å². The molecule has 3 aromatic rings. The number of carbonyl (C=O) groups excluding carboxylic acids is 1. The largest absolute Gasteiger partial charge is 0.497 e. The van der Waals surface area contributed by atoms with E-state index in [-0.39, 0.29) is 18.0 Å². The lowest BCUT2D eigenvalue weighted by atomic mass is 10.2. The maximum atomic E-state index is 12.6. The number of fused-ring (bicyclic) bond motifs is 1. The first kappa shape index (κ1) is 15.8. The Kier molecular flexibility index (Phi) is 4.07. The van der Waals surface area contributed by atoms with Crippen LogP contribution in [-0.2, 0) is 18.4 Å². The van der Waals surface area contributed by atoms with Gasteiger partial charge in [0.1, 0.15) is 17.8 Å². The summed E-state index contributed by atoms with van der Waals surface area (Å²) in [5.41, 5.74) is 1.66. The van der Waals surface area contributed by atoms with E-state index in [1.165, 1.54) is 4.57 Å². The van der Waals surface area contributed by atoms with Crippen molar-refractivity contribution in [1.82, 2.24) is 14.3 Å². The summed E-state index contributed by atoms with van der Waals surface area (Å²) in [7, 11) is 3.28. The van der Waals surface area contributed by atoms with Crippen LogP contribution in [0.4, 0.5) is 5.69 Å². The molecule has 0 saturated carbocycles. The van der Waals surface area contributed by atoms with E-state index in [2.05, 4.69) is 10.4 Å². The van der Waals surface area contributed by atoms with Gasteiger partial charge in [-0.1, -0.05) is 6.07 Å². The van der Waals surface area contributed by atoms with E-state index < -0.39 is 0 Å². The number of carbonyl (C=O) groups is 1. The minimum Gasteiger partial charge on any atom is -0.497 e. The standard InChI is InChI=1S/C17H18N4O3/c1-11-14-7-8-21(17(23)16(14)20(2)19-11)10-15(22)18-12-5-4-6-13(9-12)24-3/h4-9H,10H2,1-3H3,(H,18,22). The third-order valence-electron chi connectivity index (χ3n) is 3.82. The van der Waals surface area contributed by atoms with Gasteiger partial charge in [-0.15, -0.1) is 0 Å². The summed E-state index contributed by atoms with van der Waals surface area (Å²) in [5.74, 6) is 0.361. The van der Waals surface area contributed by atoms with Crippen LogP contribution in [0.2, 0.25) is 0 Å². The Labute approximate surface area is 138 Å². The molecular formula is C17H18N4O3. The van der Waals surface area contributed by atoms with Crippen LogP contribution in [0.15, 0.2) is 41.3 Å². The van der Waals surface area contributed by atoms with Gasteiger partial charge in [0.25, 0.3) is 5.56 Å². The second kappa shape index (κ2) is 6.19. The van der Waals surface area contributed by atoms with Crippen molar-refractivity contribution >= 4 is 22.5 Å². The number of pyridine rings is 1. The van der Waals surface area contributed by atoms with Gasteiger partial charge in [-0.25, -0.2) is 0 Å². The van der Waals surface area contributed by atoms with Gasteiger partial charge < -0.3 is 14.6 Å². The Morgan fingerprint density at radius 3 is 2.88 bits per heavy atom. The fourth-order valence-electron chi connectivity index (χ4n) is 2.68. The molecule has 0 radical (unpaired) electrons. The smallest absolute Gasteiger partial charge is 0.277 e. The number of amides is 1. The maximum absolute atomic E-state index is 12.6. The third kappa shape index (κ3) is 2.88. The van der Waals surface area contributed by atoms with Crippen molar-refractivity contribution in [3.8, 4) is 5.75 Å². The fraction of sp³-hybridized carbons (Fsp3) is 0.235. The number of hydrogen-bond donors (Lipinski definition) is 1. The predicted molar refractivity (Wildman–Crippen MR) is 91.3 cm³/mol. The molecule has 0 atom stereocenters. The van der Waals surface area contributed by atoms with Gasteiger partial charge in [0, 0.05) is 30.4 Å². The second-order valence-corrected chi connectivity index (χ2v) is 5.50. The molecule has 3 rings (SSSR count). The highest BCUT2D eigenvalue weighted by Gasteiger charge is 2.12. The van der Waals surface area contributed by atoms with E-state index in [0.717, 1.165) is 11.1 Å². The number of rotatable bonds is 4. The number of anilines is 1. The van der Waals surface area contributed by atoms with Crippen molar-refractivity contribution in [3.05, 3.63) is 52.6 Å². The van der Waals surface area contributed by atoms with Gasteiger partial charge in [0.15, 0.2) is 0 Å². The number of hydrogen-bond acceptors (Lipinski definition) is 4. The lowest BCUT2D eigenvalue weighted by Crippen LogP contribution is -2.28. The van der Waals surface area contributed by atoms with E-state index >= 15 is 0 Å². The highest BCUT2D eigenvalue weighted by atomic mass is 16.5. The maximum Gasteiger partial charge on any atom is 0.277 e. The Balaban J connectivity index is 1.84. The van der Waals surface area contributed by atoms with Gasteiger partial charge in [-0.3, -0.25) is 14.3 Å². The zero-order valence-electron chi connectivity index (χ0n) is 13.7. The topological polar surface area (TPSA) is 78.2 Å². The van der Waals surface area contributed by atoms with E-state index in [9.17, 15) is 9.59 Å². The van der Waals surface area contributed by atoms with Crippen LogP contribution in [-0.4, -0.2) is 27.4 Å². The average molecular weight is 326 g/mol. The molecule has 124 valence electrons. The second-order valence-electron chi connectivity index (χ2n) is 5.50. The number of aromatic nitrogens is 3. The minimum atomic E-state index is -0.288. The molecule has 0 unspecified atom stereocenters. The van der Waals surface area contributed by atoms with Crippen molar-refractivity contribution in [2.75, 3.05) is 12.4 Å². The van der Waals surface area contributed by atoms with Gasteiger partial charge in [-0.2, -0.15) is 5.10 Å². The molecule has 0 bridgehead atoms. The van der Waals surface area contributed by atoms with Crippen molar-refractivity contribution in [2.24, 2.45) is 7.05 Å². The Bertz CT molecular complexity index is 972. The first-order chi connectivity index (χ1) is 11.5. The molecule has 1 N–H and O–H groups in total. The fourth-order valence-corrected chi connectivity index (χ4v) is 2.68. The normalized spacial score (nSPS) is 10.8. The van der Waals surface area contributed by atoms with Gasteiger partial charge in [-0.05, 0) is 25.1 Å². The Hall–Kier alpha value is -3.09. The first-order valence-corrected chi connectivity index (χ1v) is 7.46. The quantitative estimate of drug-likeness (QED) is 0.791. The van der Waals surface area contributed by atoms with Crippen molar-refractivity contribution < 1.29 is 9.53 Å². The van der Waals surface area contributed by atoms with E-state index in [4.69, 9.17) is 4.74 Å². The summed E-state index contributed by atoms with van der Waals surface area (Å²) >= 11 is 0. The Morgan fingerprint density at radius 2 is 2.12 bits per heavy atom. The highest BCUT2D eigenvalue weighted by Crippen LogP contribution is 2.17. The lowest BCUT2D eigenvalue weighted by molar-refractivity contribution is -0.116. The van der Waals surface area contributed by atoms with E-state index in [1.54, 1.807) is 55.4 Å². The van der Waals surface area contributed by atoms with Gasteiger partial charge in [0.05, 0.1) is 12.8 Å². The van der Waals surface area contributed by atoms with Crippen LogP contribution in [0, 0.1) is 6.92 Å². The SMILES string of the molecule is COc1cccc(NC(=O)Cn2ccc3c(C)nn(C)c3c2=O)c1. The van der Waals surface area contributed by atoms with Crippen LogP contribution in [0.5, 0.6) is 5.75 Å². The summed E-state index contributed by atoms with van der Waals surface area (Å²) in [4.78, 5) is 24.8. The summed E-state index contributed by atoms with van der Waals surface area (Å²) in [5, 5.41) is 7.80. The number of aryl methyl sites for hydroxylation is 2. The lowest BCUT2D eigenvalue weighted by Gasteiger charge is -2.09. The van der Waals surface area contributed by atoms with Crippen molar-refractivity contribution in [3.63, 3.8) is 0 Å². The summed E-state index contributed by atoms with van der Waals surface area (Å²) in [6.07, 6.45) is 1.62. The third-order valence-corrected chi connectivity index (χ3v) is 3.82. The number of ether oxygens (including phenoxy) is 1. The molecule has 1 aromatic carbocycles. The molecule has 2 heterocycles. The zero-order valence-corrected chi connectivity index (χ0v) is 13.7. The number of nitrogens with zero attached hydrogens (tertiary/aromatic N) is 3. The molecule has 7 nitrogen and oxygen atoms in total. The Morgan fingerprint density at radius 1 is 1.33 bits per heavy atom. The highest BCUT2D eigenvalue weighted by molar-refractivity contribution is 5.91. The molecule has 1 amide bonds. The molecule has 24 heavy (non-hydrogen) atoms. The van der Waals surface area contributed by atoms with Crippen LogP contribution in [0.1, 0.15) is 5.69 Å². The van der Waals surface area contributed by atoms with Crippen LogP contribution in [0.3, 0.4) is 0 Å². The van der Waals surface area contributed by atoms with Crippen LogP contribution < -0.4 is 15.6 Å². The first-order valence-electron chi connectivity index (χ1n) is 7.46. The average Bonchev–Trinajstić information content (AvgIpc) is 2.85. The molecule has 2 aromatic heterocycles. The molecule has 0 spiro atoms. The molecular weight excluding hydrogens is 308 g/mol. The summed E-state index contributed by atoms with van der Waals surface area (Å²) in [6.45, 7) is 1.78. The van der Waals surface area contributed by atoms with Crippen LogP contribution in [0.25, 0.3) is 10.9 Å². The molecule has 0 aliphatic rings. The number of methoxy groups -OCH3 is 1. The number of nitrogens with one attached hydrogen (secondary N) is 1. The number of benzene rings is 1. The summed E-state index contributed by atoms with van der Waals surface area (Å²) in [6, 6.07) is 8.85. The van der Waals surface area contributed by atoms with Crippen molar-refractivity contribution in [2.45, 2.75) is 13.5 Å². The van der Waals surface area contributed by atoms with Gasteiger partial charge >= 0.3 is 0 Å². The minimum absolute atomic E-state index is 0.0732.